The largest absolute Gasteiger partial charge is 0.385 e. The van der Waals surface area contributed by atoms with Crippen molar-refractivity contribution in [3.05, 3.63) is 35.4 Å². The summed E-state index contributed by atoms with van der Waals surface area (Å²) in [7, 11) is 0. The minimum absolute atomic E-state index is 0.607. The molecule has 1 nitrogen and oxygen atoms in total. The molecule has 0 unspecified atom stereocenters. The first-order valence-corrected chi connectivity index (χ1v) is 7.04. The molecule has 1 aromatic carbocycles. The molecule has 0 atom stereocenters. The van der Waals surface area contributed by atoms with Crippen LogP contribution in [0.25, 0.3) is 0 Å². The highest BCUT2D eigenvalue weighted by Gasteiger charge is 2.32. The number of thiol groups is 1. The molecule has 0 aromatic heterocycles. The quantitative estimate of drug-likeness (QED) is 0.775. The van der Waals surface area contributed by atoms with E-state index in [0.717, 1.165) is 35.5 Å². The van der Waals surface area contributed by atoms with Gasteiger partial charge >= 0.3 is 0 Å². The van der Waals surface area contributed by atoms with E-state index >= 15 is 0 Å². The Balaban J connectivity index is 2.34. The molecule has 1 aromatic rings. The summed E-state index contributed by atoms with van der Waals surface area (Å²) in [6.07, 6.45) is 1.73. The first-order valence-electron chi connectivity index (χ1n) is 5.26. The van der Waals surface area contributed by atoms with Crippen LogP contribution in [0.15, 0.2) is 24.3 Å². The lowest BCUT2D eigenvalue weighted by Crippen LogP contribution is -2.31. The third-order valence-electron chi connectivity index (χ3n) is 3.01. The highest BCUT2D eigenvalue weighted by atomic mass is 32.2. The van der Waals surface area contributed by atoms with Crippen molar-refractivity contribution >= 4 is 24.4 Å². The topological polar surface area (TPSA) is 20.2 Å². The summed E-state index contributed by atoms with van der Waals surface area (Å²) in [5.74, 6) is 2.81. The van der Waals surface area contributed by atoms with E-state index < -0.39 is 5.60 Å². The molecular weight excluding hydrogens is 224 g/mol. The van der Waals surface area contributed by atoms with Gasteiger partial charge in [0.05, 0.1) is 5.60 Å². The van der Waals surface area contributed by atoms with E-state index in [4.69, 9.17) is 0 Å². The standard InChI is InChI=1S/C12H16OS2/c13-12(5-7-15-8-6-12)11-4-2-1-3-10(11)9-14/h1-4,13-14H,5-9H2. The van der Waals surface area contributed by atoms with Crippen LogP contribution in [0.1, 0.15) is 24.0 Å². The zero-order valence-electron chi connectivity index (χ0n) is 8.65. The van der Waals surface area contributed by atoms with Crippen molar-refractivity contribution in [2.75, 3.05) is 11.5 Å². The molecule has 1 N–H and O–H groups in total. The fourth-order valence-corrected chi connectivity index (χ4v) is 3.53. The molecule has 82 valence electrons. The van der Waals surface area contributed by atoms with Crippen LogP contribution in [0.3, 0.4) is 0 Å². The Morgan fingerprint density at radius 2 is 1.93 bits per heavy atom. The van der Waals surface area contributed by atoms with Crippen molar-refractivity contribution in [2.24, 2.45) is 0 Å². The van der Waals surface area contributed by atoms with Crippen LogP contribution in [0.2, 0.25) is 0 Å². The molecule has 3 heteroatoms. The molecule has 1 fully saturated rings. The minimum atomic E-state index is -0.607. The number of benzene rings is 1. The van der Waals surface area contributed by atoms with Crippen LogP contribution in [-0.2, 0) is 11.4 Å². The van der Waals surface area contributed by atoms with E-state index in [1.165, 1.54) is 0 Å². The van der Waals surface area contributed by atoms with Crippen molar-refractivity contribution in [2.45, 2.75) is 24.2 Å². The lowest BCUT2D eigenvalue weighted by atomic mass is 9.85. The van der Waals surface area contributed by atoms with Crippen molar-refractivity contribution in [3.63, 3.8) is 0 Å². The predicted molar refractivity (Wildman–Crippen MR) is 69.6 cm³/mol. The summed E-state index contributed by atoms with van der Waals surface area (Å²) in [6, 6.07) is 8.11. The molecule has 15 heavy (non-hydrogen) atoms. The van der Waals surface area contributed by atoms with E-state index in [2.05, 4.69) is 18.7 Å². The van der Waals surface area contributed by atoms with Gasteiger partial charge in [0.1, 0.15) is 0 Å². The van der Waals surface area contributed by atoms with Crippen LogP contribution in [0.4, 0.5) is 0 Å². The van der Waals surface area contributed by atoms with Gasteiger partial charge in [0.15, 0.2) is 0 Å². The summed E-state index contributed by atoms with van der Waals surface area (Å²) < 4.78 is 0. The van der Waals surface area contributed by atoms with Gasteiger partial charge in [-0.15, -0.1) is 0 Å². The number of hydrogen-bond donors (Lipinski definition) is 2. The molecule has 1 aliphatic rings. The lowest BCUT2D eigenvalue weighted by molar-refractivity contribution is 0.0274. The highest BCUT2D eigenvalue weighted by molar-refractivity contribution is 7.99. The van der Waals surface area contributed by atoms with Gasteiger partial charge in [0, 0.05) is 5.75 Å². The predicted octanol–water partition coefficient (Wildman–Crippen LogP) is 2.83. The van der Waals surface area contributed by atoms with E-state index in [1.807, 2.05) is 30.0 Å². The van der Waals surface area contributed by atoms with Crippen molar-refractivity contribution in [1.29, 1.82) is 0 Å². The Labute approximate surface area is 101 Å². The molecule has 1 saturated heterocycles. The number of rotatable bonds is 2. The van der Waals surface area contributed by atoms with Gasteiger partial charge in [-0.2, -0.15) is 24.4 Å². The van der Waals surface area contributed by atoms with Crippen LogP contribution in [0, 0.1) is 0 Å². The molecular formula is C12H16OS2. The monoisotopic (exact) mass is 240 g/mol. The maximum absolute atomic E-state index is 10.6. The van der Waals surface area contributed by atoms with E-state index in [9.17, 15) is 5.11 Å². The summed E-state index contributed by atoms with van der Waals surface area (Å²) in [6.45, 7) is 0. The zero-order valence-corrected chi connectivity index (χ0v) is 10.4. The summed E-state index contributed by atoms with van der Waals surface area (Å²) in [5, 5.41) is 10.6. The first-order chi connectivity index (χ1) is 7.26. The molecule has 1 aliphatic heterocycles. The second-order valence-electron chi connectivity index (χ2n) is 3.96. The van der Waals surface area contributed by atoms with Crippen molar-refractivity contribution < 1.29 is 5.11 Å². The van der Waals surface area contributed by atoms with Crippen molar-refractivity contribution in [1.82, 2.24) is 0 Å². The average molecular weight is 240 g/mol. The Hall–Kier alpha value is -0.120. The number of thioether (sulfide) groups is 1. The van der Waals surface area contributed by atoms with Gasteiger partial charge in [-0.05, 0) is 35.5 Å². The van der Waals surface area contributed by atoms with E-state index in [-0.39, 0.29) is 0 Å². The minimum Gasteiger partial charge on any atom is -0.385 e. The Morgan fingerprint density at radius 3 is 2.60 bits per heavy atom. The van der Waals surface area contributed by atoms with Gasteiger partial charge in [0.2, 0.25) is 0 Å². The number of aliphatic hydroxyl groups is 1. The van der Waals surface area contributed by atoms with E-state index in [1.54, 1.807) is 0 Å². The van der Waals surface area contributed by atoms with Crippen LogP contribution >= 0.6 is 24.4 Å². The fourth-order valence-electron chi connectivity index (χ4n) is 2.09. The zero-order chi connectivity index (χ0) is 10.7. The van der Waals surface area contributed by atoms with Gasteiger partial charge < -0.3 is 5.11 Å². The van der Waals surface area contributed by atoms with Crippen LogP contribution in [-0.4, -0.2) is 16.6 Å². The molecule has 0 bridgehead atoms. The third kappa shape index (κ3) is 2.35. The van der Waals surface area contributed by atoms with Gasteiger partial charge in [-0.25, -0.2) is 0 Å². The van der Waals surface area contributed by atoms with Crippen LogP contribution < -0.4 is 0 Å². The number of hydrogen-bond acceptors (Lipinski definition) is 3. The normalized spacial score (nSPS) is 20.1. The maximum Gasteiger partial charge on any atom is 0.0915 e. The average Bonchev–Trinajstić information content (AvgIpc) is 2.30. The molecule has 0 spiro atoms. The molecule has 0 radical (unpaired) electrons. The molecule has 2 rings (SSSR count). The Kier molecular flexibility index (Phi) is 3.65. The SMILES string of the molecule is OC1(c2ccccc2CS)CCSCC1. The van der Waals surface area contributed by atoms with Gasteiger partial charge in [0.25, 0.3) is 0 Å². The van der Waals surface area contributed by atoms with Crippen molar-refractivity contribution in [3.8, 4) is 0 Å². The van der Waals surface area contributed by atoms with Gasteiger partial charge in [-0.3, -0.25) is 0 Å². The molecule has 0 amide bonds. The Bertz CT molecular complexity index is 332. The molecule has 0 saturated carbocycles. The highest BCUT2D eigenvalue weighted by Crippen LogP contribution is 2.37. The van der Waals surface area contributed by atoms with E-state index in [0.29, 0.717) is 5.75 Å². The Morgan fingerprint density at radius 1 is 1.27 bits per heavy atom. The third-order valence-corrected chi connectivity index (χ3v) is 4.34. The van der Waals surface area contributed by atoms with Crippen LogP contribution in [0.5, 0.6) is 0 Å². The molecule has 0 aliphatic carbocycles. The summed E-state index contributed by atoms with van der Waals surface area (Å²) in [4.78, 5) is 0. The van der Waals surface area contributed by atoms with Gasteiger partial charge in [-0.1, -0.05) is 24.3 Å². The summed E-state index contributed by atoms with van der Waals surface area (Å²) in [5.41, 5.74) is 1.64. The smallest absolute Gasteiger partial charge is 0.0915 e. The first kappa shape index (κ1) is 11.4. The second kappa shape index (κ2) is 4.81. The fraction of sp³-hybridized carbons (Fsp3) is 0.500. The lowest BCUT2D eigenvalue weighted by Gasteiger charge is -2.33. The second-order valence-corrected chi connectivity index (χ2v) is 5.50. The summed E-state index contributed by atoms with van der Waals surface area (Å²) >= 11 is 6.25. The molecule has 1 heterocycles. The maximum atomic E-state index is 10.6.